The third-order valence-corrected chi connectivity index (χ3v) is 4.62. The number of nitrogens with zero attached hydrogens (tertiary/aromatic N) is 3. The normalized spacial score (nSPS) is 11.3. The summed E-state index contributed by atoms with van der Waals surface area (Å²) in [6.45, 7) is 6.04. The predicted molar refractivity (Wildman–Crippen MR) is 97.7 cm³/mol. The molecule has 4 aromatic rings. The summed E-state index contributed by atoms with van der Waals surface area (Å²) in [4.78, 5) is 17.3. The van der Waals surface area contributed by atoms with E-state index >= 15 is 0 Å². The molecule has 126 valence electrons. The lowest BCUT2D eigenvalue weighted by Gasteiger charge is -2.00. The van der Waals surface area contributed by atoms with Gasteiger partial charge in [-0.15, -0.1) is 0 Å². The van der Waals surface area contributed by atoms with Gasteiger partial charge in [-0.1, -0.05) is 37.3 Å². The topological polar surface area (TPSA) is 78.8 Å². The summed E-state index contributed by atoms with van der Waals surface area (Å²) >= 11 is 0. The Morgan fingerprint density at radius 1 is 1.12 bits per heavy atom. The Labute approximate surface area is 144 Å². The van der Waals surface area contributed by atoms with Crippen molar-refractivity contribution in [2.75, 3.05) is 0 Å². The van der Waals surface area contributed by atoms with Crippen LogP contribution in [-0.4, -0.2) is 24.8 Å². The van der Waals surface area contributed by atoms with Crippen molar-refractivity contribution >= 4 is 5.65 Å². The van der Waals surface area contributed by atoms with Crippen LogP contribution in [0, 0.1) is 13.8 Å². The number of nitrogens with one attached hydrogen (secondary N) is 2. The van der Waals surface area contributed by atoms with Crippen molar-refractivity contribution < 1.29 is 0 Å². The Kier molecular flexibility index (Phi) is 3.53. The molecule has 0 aliphatic carbocycles. The number of hydrogen-bond acceptors (Lipinski definition) is 3. The van der Waals surface area contributed by atoms with Gasteiger partial charge in [0.05, 0.1) is 11.4 Å². The zero-order valence-electron chi connectivity index (χ0n) is 14.4. The van der Waals surface area contributed by atoms with Crippen molar-refractivity contribution in [1.29, 1.82) is 0 Å². The SMILES string of the molecule is CCc1[nH]nc(-c2cc(=O)n3[nH]c(-c4ccccc4)c(C)c3n2)c1C. The van der Waals surface area contributed by atoms with E-state index in [4.69, 9.17) is 4.98 Å². The maximum atomic E-state index is 12.6. The van der Waals surface area contributed by atoms with E-state index in [2.05, 4.69) is 22.2 Å². The summed E-state index contributed by atoms with van der Waals surface area (Å²) < 4.78 is 1.49. The predicted octanol–water partition coefficient (Wildman–Crippen LogP) is 3.26. The Morgan fingerprint density at radius 2 is 1.88 bits per heavy atom. The number of fused-ring (bicyclic) bond motifs is 1. The first-order valence-electron chi connectivity index (χ1n) is 8.32. The minimum absolute atomic E-state index is 0.147. The molecule has 0 unspecified atom stereocenters. The monoisotopic (exact) mass is 333 g/mol. The molecular formula is C19H19N5O. The molecule has 0 aliphatic heterocycles. The van der Waals surface area contributed by atoms with Crippen molar-refractivity contribution in [3.05, 3.63) is 63.6 Å². The zero-order valence-corrected chi connectivity index (χ0v) is 14.4. The molecule has 0 spiro atoms. The molecule has 0 amide bonds. The second kappa shape index (κ2) is 5.73. The van der Waals surface area contributed by atoms with E-state index in [1.165, 1.54) is 10.6 Å². The Morgan fingerprint density at radius 3 is 2.56 bits per heavy atom. The molecule has 3 aromatic heterocycles. The van der Waals surface area contributed by atoms with Crippen molar-refractivity contribution in [1.82, 2.24) is 24.8 Å². The van der Waals surface area contributed by atoms with Crippen molar-refractivity contribution in [3.8, 4) is 22.6 Å². The largest absolute Gasteiger partial charge is 0.289 e. The van der Waals surface area contributed by atoms with Crippen LogP contribution in [0.4, 0.5) is 0 Å². The van der Waals surface area contributed by atoms with Crippen LogP contribution in [0.15, 0.2) is 41.2 Å². The molecule has 2 N–H and O–H groups in total. The minimum Gasteiger partial charge on any atom is -0.289 e. The van der Waals surface area contributed by atoms with Gasteiger partial charge in [0.2, 0.25) is 0 Å². The van der Waals surface area contributed by atoms with Crippen LogP contribution < -0.4 is 5.56 Å². The Bertz CT molecular complexity index is 1120. The summed E-state index contributed by atoms with van der Waals surface area (Å²) in [7, 11) is 0. The molecule has 6 nitrogen and oxygen atoms in total. The molecule has 0 saturated heterocycles. The fourth-order valence-corrected chi connectivity index (χ4v) is 3.18. The first-order valence-corrected chi connectivity index (χ1v) is 8.32. The van der Waals surface area contributed by atoms with Crippen LogP contribution in [-0.2, 0) is 6.42 Å². The van der Waals surface area contributed by atoms with Crippen LogP contribution in [0.2, 0.25) is 0 Å². The fraction of sp³-hybridized carbons (Fsp3) is 0.211. The molecule has 4 rings (SSSR count). The van der Waals surface area contributed by atoms with Crippen LogP contribution in [0.1, 0.15) is 23.7 Å². The molecule has 0 saturated carbocycles. The van der Waals surface area contributed by atoms with E-state index in [1.807, 2.05) is 44.2 Å². The quantitative estimate of drug-likeness (QED) is 0.604. The van der Waals surface area contributed by atoms with Gasteiger partial charge in [0.25, 0.3) is 5.56 Å². The first kappa shape index (κ1) is 15.4. The van der Waals surface area contributed by atoms with Crippen molar-refractivity contribution in [2.24, 2.45) is 0 Å². The Hall–Kier alpha value is -3.15. The molecule has 0 bridgehead atoms. The number of hydrogen-bond donors (Lipinski definition) is 2. The van der Waals surface area contributed by atoms with E-state index < -0.39 is 0 Å². The number of H-pyrrole nitrogens is 2. The Balaban J connectivity index is 1.94. The number of benzene rings is 1. The highest BCUT2D eigenvalue weighted by atomic mass is 16.1. The third-order valence-electron chi connectivity index (χ3n) is 4.62. The summed E-state index contributed by atoms with van der Waals surface area (Å²) in [5, 5.41) is 10.6. The summed E-state index contributed by atoms with van der Waals surface area (Å²) in [5.74, 6) is 0. The van der Waals surface area contributed by atoms with Gasteiger partial charge in [-0.2, -0.15) is 5.10 Å². The summed E-state index contributed by atoms with van der Waals surface area (Å²) in [6.07, 6.45) is 0.862. The molecule has 0 radical (unpaired) electrons. The molecule has 0 fully saturated rings. The van der Waals surface area contributed by atoms with Gasteiger partial charge in [0.1, 0.15) is 5.69 Å². The molecule has 3 heterocycles. The summed E-state index contributed by atoms with van der Waals surface area (Å²) in [5.41, 5.74) is 6.77. The fourth-order valence-electron chi connectivity index (χ4n) is 3.18. The van der Waals surface area contributed by atoms with E-state index in [0.717, 1.165) is 40.2 Å². The van der Waals surface area contributed by atoms with Crippen LogP contribution in [0.3, 0.4) is 0 Å². The number of aromatic amines is 2. The molecule has 1 aromatic carbocycles. The molecule has 6 heteroatoms. The van der Waals surface area contributed by atoms with E-state index in [9.17, 15) is 4.79 Å². The average molecular weight is 333 g/mol. The molecule has 0 atom stereocenters. The first-order chi connectivity index (χ1) is 12.1. The van der Waals surface area contributed by atoms with Gasteiger partial charge in [0.15, 0.2) is 5.65 Å². The standard InChI is InChI=1S/C19H19N5O/c1-4-14-11(2)18(22-21-14)15-10-16(25)24-19(20-15)12(3)17(23-24)13-8-6-5-7-9-13/h5-10,23H,4H2,1-3H3,(H,21,22). The van der Waals surface area contributed by atoms with E-state index in [0.29, 0.717) is 11.3 Å². The van der Waals surface area contributed by atoms with Gasteiger partial charge < -0.3 is 0 Å². The van der Waals surface area contributed by atoms with Gasteiger partial charge in [-0.3, -0.25) is 15.0 Å². The molecule has 0 aliphatic rings. The maximum Gasteiger partial charge on any atom is 0.273 e. The number of aromatic nitrogens is 5. The maximum absolute atomic E-state index is 12.6. The highest BCUT2D eigenvalue weighted by Crippen LogP contribution is 2.26. The highest BCUT2D eigenvalue weighted by Gasteiger charge is 2.17. The van der Waals surface area contributed by atoms with Crippen molar-refractivity contribution in [2.45, 2.75) is 27.2 Å². The van der Waals surface area contributed by atoms with E-state index in [-0.39, 0.29) is 5.56 Å². The summed E-state index contributed by atoms with van der Waals surface area (Å²) in [6, 6.07) is 11.5. The zero-order chi connectivity index (χ0) is 17.6. The lowest BCUT2D eigenvalue weighted by molar-refractivity contribution is 0.902. The lowest BCUT2D eigenvalue weighted by Crippen LogP contribution is -2.14. The minimum atomic E-state index is -0.147. The highest BCUT2D eigenvalue weighted by molar-refractivity contribution is 5.72. The molecular weight excluding hydrogens is 314 g/mol. The van der Waals surface area contributed by atoms with Crippen LogP contribution in [0.25, 0.3) is 28.3 Å². The average Bonchev–Trinajstić information content (AvgIpc) is 3.16. The van der Waals surface area contributed by atoms with Crippen molar-refractivity contribution in [3.63, 3.8) is 0 Å². The van der Waals surface area contributed by atoms with Crippen LogP contribution >= 0.6 is 0 Å². The lowest BCUT2D eigenvalue weighted by atomic mass is 10.1. The van der Waals surface area contributed by atoms with E-state index in [1.54, 1.807) is 0 Å². The third kappa shape index (κ3) is 2.38. The van der Waals surface area contributed by atoms with Gasteiger partial charge in [-0.05, 0) is 31.4 Å². The van der Waals surface area contributed by atoms with Gasteiger partial charge in [-0.25, -0.2) is 9.50 Å². The number of aryl methyl sites for hydroxylation is 2. The molecule has 25 heavy (non-hydrogen) atoms. The van der Waals surface area contributed by atoms with Gasteiger partial charge in [0, 0.05) is 17.3 Å². The van der Waals surface area contributed by atoms with Crippen LogP contribution in [0.5, 0.6) is 0 Å². The number of rotatable bonds is 3. The van der Waals surface area contributed by atoms with Gasteiger partial charge >= 0.3 is 0 Å². The second-order valence-corrected chi connectivity index (χ2v) is 6.15. The second-order valence-electron chi connectivity index (χ2n) is 6.15. The smallest absolute Gasteiger partial charge is 0.273 e.